The third kappa shape index (κ3) is 4.35. The van der Waals surface area contributed by atoms with E-state index >= 15 is 0 Å². The van der Waals surface area contributed by atoms with Crippen molar-refractivity contribution in [2.24, 2.45) is 5.10 Å². The van der Waals surface area contributed by atoms with Crippen LogP contribution in [0.2, 0.25) is 0 Å². The molecule has 132 valence electrons. The van der Waals surface area contributed by atoms with Crippen molar-refractivity contribution in [2.45, 2.75) is 13.8 Å². The van der Waals surface area contributed by atoms with Gasteiger partial charge in [0.15, 0.2) is 0 Å². The normalized spacial score (nSPS) is 11.1. The number of hydrogen-bond donors (Lipinski definition) is 1. The van der Waals surface area contributed by atoms with Crippen LogP contribution in [0.3, 0.4) is 0 Å². The summed E-state index contributed by atoms with van der Waals surface area (Å²) in [6.07, 6.45) is 1.69. The number of carbonyl (C=O) groups excluding carboxylic acids is 1. The van der Waals surface area contributed by atoms with Crippen molar-refractivity contribution >= 4 is 57.3 Å². The van der Waals surface area contributed by atoms with Crippen molar-refractivity contribution < 1.29 is 4.79 Å². The van der Waals surface area contributed by atoms with E-state index in [9.17, 15) is 4.79 Å². The summed E-state index contributed by atoms with van der Waals surface area (Å²) >= 11 is 4.51. The Labute approximate surface area is 180 Å². The van der Waals surface area contributed by atoms with E-state index in [1.807, 2.05) is 19.1 Å². The second-order valence-electron chi connectivity index (χ2n) is 5.84. The molecule has 0 saturated carbocycles. The van der Waals surface area contributed by atoms with Crippen LogP contribution < -0.4 is 5.43 Å². The Morgan fingerprint density at radius 3 is 2.19 bits per heavy atom. The number of aromatic nitrogens is 1. The van der Waals surface area contributed by atoms with Crippen molar-refractivity contribution in [3.05, 3.63) is 84.3 Å². The van der Waals surface area contributed by atoms with E-state index in [4.69, 9.17) is 0 Å². The summed E-state index contributed by atoms with van der Waals surface area (Å²) in [7, 11) is 0. The zero-order valence-corrected chi connectivity index (χ0v) is 18.6. The molecule has 0 saturated heterocycles. The number of rotatable bonds is 4. The lowest BCUT2D eigenvalue weighted by molar-refractivity contribution is 0.0955. The SMILES string of the molecule is Cc1cc(/C=N\NC(=O)c2ccc(I)cc2)c(C)n1-c1ccc(I)cc1. The van der Waals surface area contributed by atoms with Gasteiger partial charge in [0.1, 0.15) is 0 Å². The molecule has 0 spiro atoms. The van der Waals surface area contributed by atoms with Crippen LogP contribution in [-0.4, -0.2) is 16.7 Å². The van der Waals surface area contributed by atoms with Gasteiger partial charge in [0, 0.05) is 35.3 Å². The van der Waals surface area contributed by atoms with E-state index < -0.39 is 0 Å². The van der Waals surface area contributed by atoms with Crippen LogP contribution in [0, 0.1) is 21.0 Å². The van der Waals surface area contributed by atoms with Gasteiger partial charge in [-0.25, -0.2) is 5.43 Å². The van der Waals surface area contributed by atoms with Gasteiger partial charge < -0.3 is 4.57 Å². The summed E-state index contributed by atoms with van der Waals surface area (Å²) < 4.78 is 4.47. The van der Waals surface area contributed by atoms with E-state index in [-0.39, 0.29) is 5.91 Å². The lowest BCUT2D eigenvalue weighted by Crippen LogP contribution is -2.17. The summed E-state index contributed by atoms with van der Waals surface area (Å²) in [4.78, 5) is 12.1. The first-order chi connectivity index (χ1) is 12.5. The number of halogens is 2. The second-order valence-corrected chi connectivity index (χ2v) is 8.34. The summed E-state index contributed by atoms with van der Waals surface area (Å²) in [5.74, 6) is -0.218. The van der Waals surface area contributed by atoms with Crippen LogP contribution in [0.4, 0.5) is 0 Å². The summed E-state index contributed by atoms with van der Waals surface area (Å²) in [5, 5.41) is 4.12. The average Bonchev–Trinajstić information content (AvgIpc) is 2.90. The first kappa shape index (κ1) is 19.1. The molecule has 0 radical (unpaired) electrons. The minimum atomic E-state index is -0.218. The highest BCUT2D eigenvalue weighted by atomic mass is 127. The fourth-order valence-electron chi connectivity index (χ4n) is 2.73. The summed E-state index contributed by atoms with van der Waals surface area (Å²) in [5.41, 5.74) is 7.47. The summed E-state index contributed by atoms with van der Waals surface area (Å²) in [6, 6.07) is 17.8. The molecule has 2 aromatic carbocycles. The van der Waals surface area contributed by atoms with Gasteiger partial charge in [-0.15, -0.1) is 0 Å². The molecular formula is C20H17I2N3O. The number of hydrazone groups is 1. The molecule has 1 heterocycles. The van der Waals surface area contributed by atoms with Gasteiger partial charge in [-0.05, 0) is 114 Å². The topological polar surface area (TPSA) is 46.4 Å². The number of nitrogens with zero attached hydrogens (tertiary/aromatic N) is 2. The molecule has 0 unspecified atom stereocenters. The third-order valence-electron chi connectivity index (χ3n) is 4.03. The molecule has 0 aliphatic carbocycles. The molecule has 0 atom stereocenters. The Hall–Kier alpha value is -1.68. The molecule has 1 aromatic heterocycles. The largest absolute Gasteiger partial charge is 0.318 e. The Morgan fingerprint density at radius 2 is 1.58 bits per heavy atom. The van der Waals surface area contributed by atoms with Crippen molar-refractivity contribution in [1.29, 1.82) is 0 Å². The molecule has 6 heteroatoms. The van der Waals surface area contributed by atoms with Gasteiger partial charge in [0.25, 0.3) is 5.91 Å². The van der Waals surface area contributed by atoms with Crippen LogP contribution >= 0.6 is 45.2 Å². The van der Waals surface area contributed by atoms with Gasteiger partial charge in [-0.3, -0.25) is 4.79 Å². The molecule has 3 aromatic rings. The molecule has 0 fully saturated rings. The van der Waals surface area contributed by atoms with Crippen LogP contribution in [0.5, 0.6) is 0 Å². The molecule has 3 rings (SSSR count). The second kappa shape index (κ2) is 8.34. The molecule has 1 amide bonds. The molecular weight excluding hydrogens is 552 g/mol. The highest BCUT2D eigenvalue weighted by molar-refractivity contribution is 14.1. The molecule has 0 aliphatic rings. The number of hydrogen-bond acceptors (Lipinski definition) is 2. The first-order valence-corrected chi connectivity index (χ1v) is 10.2. The quantitative estimate of drug-likeness (QED) is 0.267. The minimum Gasteiger partial charge on any atom is -0.318 e. The lowest BCUT2D eigenvalue weighted by Gasteiger charge is -2.09. The molecule has 26 heavy (non-hydrogen) atoms. The van der Waals surface area contributed by atoms with E-state index in [0.717, 1.165) is 26.2 Å². The Kier molecular flexibility index (Phi) is 6.13. The monoisotopic (exact) mass is 569 g/mol. The van der Waals surface area contributed by atoms with Crippen LogP contribution in [0.25, 0.3) is 5.69 Å². The van der Waals surface area contributed by atoms with Gasteiger partial charge >= 0.3 is 0 Å². The number of benzene rings is 2. The molecule has 1 N–H and O–H groups in total. The predicted octanol–water partition coefficient (Wildman–Crippen LogP) is 5.07. The average molecular weight is 569 g/mol. The Bertz CT molecular complexity index is 958. The van der Waals surface area contributed by atoms with E-state index in [0.29, 0.717) is 5.56 Å². The fourth-order valence-corrected chi connectivity index (χ4v) is 3.45. The van der Waals surface area contributed by atoms with Gasteiger partial charge in [-0.1, -0.05) is 0 Å². The number of carbonyl (C=O) groups is 1. The fraction of sp³-hybridized carbons (Fsp3) is 0.100. The predicted molar refractivity (Wildman–Crippen MR) is 122 cm³/mol. The Morgan fingerprint density at radius 1 is 1.00 bits per heavy atom. The van der Waals surface area contributed by atoms with Gasteiger partial charge in [0.2, 0.25) is 0 Å². The summed E-state index contributed by atoms with van der Waals surface area (Å²) in [6.45, 7) is 4.11. The van der Waals surface area contributed by atoms with Crippen molar-refractivity contribution in [1.82, 2.24) is 9.99 Å². The lowest BCUT2D eigenvalue weighted by atomic mass is 10.2. The van der Waals surface area contributed by atoms with Gasteiger partial charge in [-0.2, -0.15) is 5.10 Å². The van der Waals surface area contributed by atoms with E-state index in [2.05, 4.69) is 97.5 Å². The maximum atomic E-state index is 12.1. The van der Waals surface area contributed by atoms with E-state index in [1.54, 1.807) is 18.3 Å². The maximum absolute atomic E-state index is 12.1. The first-order valence-electron chi connectivity index (χ1n) is 7.99. The smallest absolute Gasteiger partial charge is 0.271 e. The molecule has 0 aliphatic heterocycles. The number of nitrogens with one attached hydrogen (secondary N) is 1. The third-order valence-corrected chi connectivity index (χ3v) is 5.47. The van der Waals surface area contributed by atoms with Crippen LogP contribution in [-0.2, 0) is 0 Å². The number of amides is 1. The van der Waals surface area contributed by atoms with E-state index in [1.165, 1.54) is 3.57 Å². The zero-order chi connectivity index (χ0) is 18.7. The maximum Gasteiger partial charge on any atom is 0.271 e. The minimum absolute atomic E-state index is 0.218. The highest BCUT2D eigenvalue weighted by Gasteiger charge is 2.09. The van der Waals surface area contributed by atoms with Crippen molar-refractivity contribution in [3.63, 3.8) is 0 Å². The molecule has 0 bridgehead atoms. The molecule has 4 nitrogen and oxygen atoms in total. The number of aryl methyl sites for hydroxylation is 1. The van der Waals surface area contributed by atoms with Crippen LogP contribution in [0.15, 0.2) is 59.7 Å². The van der Waals surface area contributed by atoms with Crippen molar-refractivity contribution in [3.8, 4) is 5.69 Å². The highest BCUT2D eigenvalue weighted by Crippen LogP contribution is 2.20. The zero-order valence-electron chi connectivity index (χ0n) is 14.3. The van der Waals surface area contributed by atoms with Crippen LogP contribution in [0.1, 0.15) is 27.3 Å². The van der Waals surface area contributed by atoms with Gasteiger partial charge in [0.05, 0.1) is 6.21 Å². The standard InChI is InChI=1S/C20H17I2N3O/c1-13-11-16(14(2)25(13)19-9-7-18(22)8-10-19)12-23-24-20(26)15-3-5-17(21)6-4-15/h3-12H,1-2H3,(H,24,26)/b23-12-. The Balaban J connectivity index is 1.77. The van der Waals surface area contributed by atoms with Crippen molar-refractivity contribution in [2.75, 3.05) is 0 Å².